The number of hydrogen-bond acceptors (Lipinski definition) is 6. The number of benzene rings is 2. The molecule has 2 aromatic carbocycles. The van der Waals surface area contributed by atoms with E-state index in [2.05, 4.69) is 0 Å². The van der Waals surface area contributed by atoms with Crippen LogP contribution in [-0.2, 0) is 21.2 Å². The first kappa shape index (κ1) is 18.8. The molecule has 27 heavy (non-hydrogen) atoms. The first-order chi connectivity index (χ1) is 12.7. The minimum absolute atomic E-state index is 0.0423. The van der Waals surface area contributed by atoms with Gasteiger partial charge in [-0.2, -0.15) is 0 Å². The van der Waals surface area contributed by atoms with Crippen LogP contribution in [0.3, 0.4) is 0 Å². The summed E-state index contributed by atoms with van der Waals surface area (Å²) < 4.78 is 34.3. The molecule has 1 heterocycles. The second-order valence-electron chi connectivity index (χ2n) is 6.32. The molecule has 140 valence electrons. The summed E-state index contributed by atoms with van der Waals surface area (Å²) in [6.07, 6.45) is 1.03. The van der Waals surface area contributed by atoms with Crippen LogP contribution in [0.15, 0.2) is 56.6 Å². The van der Waals surface area contributed by atoms with E-state index in [4.69, 9.17) is 9.15 Å². The fourth-order valence-electron chi connectivity index (χ4n) is 2.82. The molecule has 0 atom stereocenters. The maximum absolute atomic E-state index is 12.4. The van der Waals surface area contributed by atoms with Crippen molar-refractivity contribution in [2.45, 2.75) is 25.3 Å². The summed E-state index contributed by atoms with van der Waals surface area (Å²) in [4.78, 5) is 24.2. The SMILES string of the molecule is Cc1ccc2c(COC(=O)c3ccccc3S(C)(=O)=O)cc(=O)oc2c1C. The van der Waals surface area contributed by atoms with Gasteiger partial charge in [-0.3, -0.25) is 0 Å². The van der Waals surface area contributed by atoms with Crippen molar-refractivity contribution in [2.75, 3.05) is 6.26 Å². The molecule has 0 unspecified atom stereocenters. The summed E-state index contributed by atoms with van der Waals surface area (Å²) in [5.41, 5.74) is 2.17. The topological polar surface area (TPSA) is 90.7 Å². The van der Waals surface area contributed by atoms with Crippen molar-refractivity contribution in [2.24, 2.45) is 0 Å². The van der Waals surface area contributed by atoms with E-state index in [1.54, 1.807) is 12.1 Å². The number of hydrogen-bond donors (Lipinski definition) is 0. The largest absolute Gasteiger partial charge is 0.457 e. The van der Waals surface area contributed by atoms with Gasteiger partial charge < -0.3 is 9.15 Å². The van der Waals surface area contributed by atoms with Crippen molar-refractivity contribution in [1.29, 1.82) is 0 Å². The quantitative estimate of drug-likeness (QED) is 0.505. The molecule has 0 amide bonds. The molecule has 0 saturated carbocycles. The lowest BCUT2D eigenvalue weighted by Crippen LogP contribution is -2.12. The van der Waals surface area contributed by atoms with Crippen LogP contribution in [0.2, 0.25) is 0 Å². The molecule has 3 rings (SSSR count). The predicted molar refractivity (Wildman–Crippen MR) is 101 cm³/mol. The highest BCUT2D eigenvalue weighted by Crippen LogP contribution is 2.24. The summed E-state index contributed by atoms with van der Waals surface area (Å²) >= 11 is 0. The zero-order valence-corrected chi connectivity index (χ0v) is 15.9. The number of carbonyl (C=O) groups is 1. The van der Waals surface area contributed by atoms with Crippen LogP contribution in [0, 0.1) is 13.8 Å². The van der Waals surface area contributed by atoms with Gasteiger partial charge in [-0.05, 0) is 37.1 Å². The number of fused-ring (bicyclic) bond motifs is 1. The molecule has 7 heteroatoms. The van der Waals surface area contributed by atoms with E-state index < -0.39 is 21.4 Å². The summed E-state index contributed by atoms with van der Waals surface area (Å²) in [5, 5.41) is 0.668. The summed E-state index contributed by atoms with van der Waals surface area (Å²) in [6, 6.07) is 10.8. The Kier molecular flexibility index (Phi) is 4.89. The molecule has 0 radical (unpaired) electrons. The van der Waals surface area contributed by atoms with E-state index >= 15 is 0 Å². The van der Waals surface area contributed by atoms with Gasteiger partial charge >= 0.3 is 11.6 Å². The van der Waals surface area contributed by atoms with Crippen LogP contribution < -0.4 is 5.63 Å². The summed E-state index contributed by atoms with van der Waals surface area (Å²) in [6.45, 7) is 3.57. The number of ether oxygens (including phenoxy) is 1. The van der Waals surface area contributed by atoms with Crippen molar-refractivity contribution < 1.29 is 22.4 Å². The Balaban J connectivity index is 1.96. The molecular formula is C20H18O6S. The zero-order valence-electron chi connectivity index (χ0n) is 15.1. The minimum Gasteiger partial charge on any atom is -0.457 e. The molecule has 0 N–H and O–H groups in total. The first-order valence-corrected chi connectivity index (χ1v) is 10.1. The summed E-state index contributed by atoms with van der Waals surface area (Å²) in [5.74, 6) is -0.777. The van der Waals surface area contributed by atoms with Crippen LogP contribution in [0.5, 0.6) is 0 Å². The Morgan fingerprint density at radius 2 is 1.81 bits per heavy atom. The predicted octanol–water partition coefficient (Wildman–Crippen LogP) is 3.17. The van der Waals surface area contributed by atoms with E-state index in [1.807, 2.05) is 19.9 Å². The Morgan fingerprint density at radius 1 is 1.11 bits per heavy atom. The Bertz CT molecular complexity index is 1200. The number of sulfone groups is 1. The van der Waals surface area contributed by atoms with Gasteiger partial charge in [0.05, 0.1) is 10.5 Å². The summed E-state index contributed by atoms with van der Waals surface area (Å²) in [7, 11) is -3.58. The highest BCUT2D eigenvalue weighted by molar-refractivity contribution is 7.90. The molecule has 0 saturated heterocycles. The third-order valence-electron chi connectivity index (χ3n) is 4.38. The minimum atomic E-state index is -3.58. The molecule has 1 aromatic heterocycles. The van der Waals surface area contributed by atoms with E-state index in [1.165, 1.54) is 24.3 Å². The molecule has 0 fully saturated rings. The fourth-order valence-corrected chi connectivity index (χ4v) is 3.70. The van der Waals surface area contributed by atoms with Crippen LogP contribution in [0.1, 0.15) is 27.0 Å². The van der Waals surface area contributed by atoms with Crippen LogP contribution in [-0.4, -0.2) is 20.6 Å². The number of carbonyl (C=O) groups excluding carboxylic acids is 1. The lowest BCUT2D eigenvalue weighted by Gasteiger charge is -2.11. The molecule has 0 aliphatic carbocycles. The highest BCUT2D eigenvalue weighted by Gasteiger charge is 2.20. The van der Waals surface area contributed by atoms with E-state index in [-0.39, 0.29) is 17.1 Å². The van der Waals surface area contributed by atoms with Crippen molar-refractivity contribution >= 4 is 26.8 Å². The third kappa shape index (κ3) is 3.78. The van der Waals surface area contributed by atoms with Crippen LogP contribution in [0.25, 0.3) is 11.0 Å². The lowest BCUT2D eigenvalue weighted by atomic mass is 10.0. The number of aryl methyl sites for hydroxylation is 2. The fraction of sp³-hybridized carbons (Fsp3) is 0.200. The number of esters is 1. The number of rotatable bonds is 4. The van der Waals surface area contributed by atoms with Crippen molar-refractivity contribution in [3.05, 3.63) is 75.1 Å². The molecule has 3 aromatic rings. The van der Waals surface area contributed by atoms with Crippen LogP contribution in [0.4, 0.5) is 0 Å². The van der Waals surface area contributed by atoms with E-state index in [0.29, 0.717) is 16.5 Å². The van der Waals surface area contributed by atoms with Gasteiger partial charge in [0.25, 0.3) is 0 Å². The first-order valence-electron chi connectivity index (χ1n) is 8.17. The normalized spacial score (nSPS) is 11.5. The highest BCUT2D eigenvalue weighted by atomic mass is 32.2. The van der Waals surface area contributed by atoms with Gasteiger partial charge in [-0.1, -0.05) is 24.3 Å². The molecule has 0 bridgehead atoms. The Morgan fingerprint density at radius 3 is 2.52 bits per heavy atom. The molecule has 0 aliphatic rings. The average Bonchev–Trinajstić information content (AvgIpc) is 2.62. The van der Waals surface area contributed by atoms with Gasteiger partial charge in [-0.15, -0.1) is 0 Å². The van der Waals surface area contributed by atoms with Gasteiger partial charge in [0.1, 0.15) is 12.2 Å². The van der Waals surface area contributed by atoms with Crippen molar-refractivity contribution in [3.63, 3.8) is 0 Å². The van der Waals surface area contributed by atoms with Gasteiger partial charge in [0.15, 0.2) is 9.84 Å². The average molecular weight is 386 g/mol. The smallest absolute Gasteiger partial charge is 0.339 e. The molecular weight excluding hydrogens is 368 g/mol. The van der Waals surface area contributed by atoms with Gasteiger partial charge in [0, 0.05) is 23.3 Å². The molecule has 0 spiro atoms. The third-order valence-corrected chi connectivity index (χ3v) is 5.54. The Labute approximate surface area is 156 Å². The second kappa shape index (κ2) is 7.00. The maximum Gasteiger partial charge on any atom is 0.339 e. The zero-order chi connectivity index (χ0) is 19.8. The Hall–Kier alpha value is -2.93. The van der Waals surface area contributed by atoms with Crippen molar-refractivity contribution in [1.82, 2.24) is 0 Å². The van der Waals surface area contributed by atoms with E-state index in [0.717, 1.165) is 17.4 Å². The second-order valence-corrected chi connectivity index (χ2v) is 8.30. The van der Waals surface area contributed by atoms with Crippen molar-refractivity contribution in [3.8, 4) is 0 Å². The van der Waals surface area contributed by atoms with Gasteiger partial charge in [0.2, 0.25) is 0 Å². The maximum atomic E-state index is 12.4. The molecule has 0 aliphatic heterocycles. The van der Waals surface area contributed by atoms with Gasteiger partial charge in [-0.25, -0.2) is 18.0 Å². The van der Waals surface area contributed by atoms with E-state index in [9.17, 15) is 18.0 Å². The monoisotopic (exact) mass is 386 g/mol. The van der Waals surface area contributed by atoms with Crippen LogP contribution >= 0.6 is 0 Å². The lowest BCUT2D eigenvalue weighted by molar-refractivity contribution is 0.0469. The molecule has 6 nitrogen and oxygen atoms in total. The standard InChI is InChI=1S/C20H18O6S/c1-12-8-9-15-14(10-18(21)26-19(15)13(12)2)11-25-20(22)16-6-4-5-7-17(16)27(3,23)24/h4-10H,11H2,1-3H3.